The summed E-state index contributed by atoms with van der Waals surface area (Å²) in [5, 5.41) is 0. The van der Waals surface area contributed by atoms with Gasteiger partial charge in [-0.25, -0.2) is 0 Å². The minimum Gasteiger partial charge on any atom is -0.340 e. The van der Waals surface area contributed by atoms with Gasteiger partial charge in [-0.15, -0.1) is 0 Å². The Kier molecular flexibility index (Phi) is 3.30. The van der Waals surface area contributed by atoms with Crippen LogP contribution in [0.4, 0.5) is 0 Å². The van der Waals surface area contributed by atoms with Crippen molar-refractivity contribution in [1.29, 1.82) is 0 Å². The summed E-state index contributed by atoms with van der Waals surface area (Å²) in [5.74, 6) is 0. The first-order chi connectivity index (χ1) is 13.8. The smallest absolute Gasteiger partial charge is 0.146 e. The predicted octanol–water partition coefficient (Wildman–Crippen LogP) is 6.38. The molecule has 0 fully saturated rings. The molecule has 134 valence electrons. The molecule has 0 spiro atoms. The monoisotopic (exact) mass is 424 g/mol. The van der Waals surface area contributed by atoms with Gasteiger partial charge in [-0.05, 0) is 39.9 Å². The standard InChI is InChI=1S/C26H17BrO/c27-20-15-16-23-24(17-20)26(19-11-5-2-6-12-19)22-14-8-7-13-21(22)25(23,28-26)18-9-3-1-4-10-18/h1-17H. The van der Waals surface area contributed by atoms with Gasteiger partial charge in [0, 0.05) is 10.0 Å². The quantitative estimate of drug-likeness (QED) is 0.362. The molecule has 2 aliphatic rings. The van der Waals surface area contributed by atoms with Crippen molar-refractivity contribution in [3.63, 3.8) is 0 Å². The summed E-state index contributed by atoms with van der Waals surface area (Å²) in [4.78, 5) is 0. The fourth-order valence-electron chi connectivity index (χ4n) is 5.04. The molecule has 2 unspecified atom stereocenters. The molecule has 2 atom stereocenters. The lowest BCUT2D eigenvalue weighted by Crippen LogP contribution is -2.26. The van der Waals surface area contributed by atoms with Crippen LogP contribution in [0.15, 0.2) is 108 Å². The second-order valence-corrected chi connectivity index (χ2v) is 8.35. The molecule has 0 N–H and O–H groups in total. The zero-order valence-electron chi connectivity index (χ0n) is 15.1. The lowest BCUT2D eigenvalue weighted by molar-refractivity contribution is -0.0257. The van der Waals surface area contributed by atoms with E-state index < -0.39 is 11.2 Å². The van der Waals surface area contributed by atoms with Crippen LogP contribution in [0.2, 0.25) is 0 Å². The summed E-state index contributed by atoms with van der Waals surface area (Å²) in [5.41, 5.74) is 6.05. The van der Waals surface area contributed by atoms with Gasteiger partial charge in [-0.2, -0.15) is 0 Å². The van der Waals surface area contributed by atoms with Gasteiger partial charge >= 0.3 is 0 Å². The molecular weight excluding hydrogens is 408 g/mol. The fraction of sp³-hybridized carbons (Fsp3) is 0.0769. The molecule has 0 amide bonds. The van der Waals surface area contributed by atoms with Crippen molar-refractivity contribution in [1.82, 2.24) is 0 Å². The van der Waals surface area contributed by atoms with Crippen LogP contribution in [0.5, 0.6) is 0 Å². The van der Waals surface area contributed by atoms with Gasteiger partial charge in [-0.3, -0.25) is 0 Å². The number of rotatable bonds is 2. The van der Waals surface area contributed by atoms with Crippen LogP contribution in [0.1, 0.15) is 33.4 Å². The summed E-state index contributed by atoms with van der Waals surface area (Å²) in [6, 6.07) is 36.4. The first kappa shape index (κ1) is 16.3. The van der Waals surface area contributed by atoms with Crippen LogP contribution < -0.4 is 0 Å². The molecule has 4 aromatic rings. The van der Waals surface area contributed by atoms with Crippen molar-refractivity contribution in [3.05, 3.63) is 141 Å². The van der Waals surface area contributed by atoms with E-state index in [0.29, 0.717) is 0 Å². The average Bonchev–Trinajstić information content (AvgIpc) is 3.24. The minimum atomic E-state index is -0.604. The number of fused-ring (bicyclic) bond motifs is 8. The third-order valence-corrected chi connectivity index (χ3v) is 6.59. The Hall–Kier alpha value is -2.68. The Labute approximate surface area is 172 Å². The lowest BCUT2D eigenvalue weighted by atomic mass is 9.68. The second-order valence-electron chi connectivity index (χ2n) is 7.43. The molecule has 0 aromatic heterocycles. The summed E-state index contributed by atoms with van der Waals surface area (Å²) >= 11 is 3.69. The summed E-state index contributed by atoms with van der Waals surface area (Å²) < 4.78 is 8.26. The van der Waals surface area contributed by atoms with Crippen LogP contribution in [0.3, 0.4) is 0 Å². The molecule has 0 saturated carbocycles. The largest absolute Gasteiger partial charge is 0.340 e. The van der Waals surface area contributed by atoms with Crippen LogP contribution in [0, 0.1) is 0 Å². The molecule has 2 bridgehead atoms. The molecular formula is C26H17BrO. The zero-order chi connectivity index (χ0) is 18.8. The Morgan fingerprint density at radius 2 is 0.964 bits per heavy atom. The molecule has 2 heteroatoms. The summed E-state index contributed by atoms with van der Waals surface area (Å²) in [6.45, 7) is 0. The van der Waals surface area contributed by atoms with E-state index in [1.807, 2.05) is 0 Å². The summed E-state index contributed by atoms with van der Waals surface area (Å²) in [6.07, 6.45) is 0. The maximum atomic E-state index is 7.19. The first-order valence-electron chi connectivity index (χ1n) is 9.48. The van der Waals surface area contributed by atoms with Crippen LogP contribution in [-0.4, -0.2) is 0 Å². The van der Waals surface area contributed by atoms with E-state index in [1.54, 1.807) is 0 Å². The molecule has 6 rings (SSSR count). The Balaban J connectivity index is 1.79. The van der Waals surface area contributed by atoms with E-state index in [9.17, 15) is 0 Å². The second kappa shape index (κ2) is 5.66. The predicted molar refractivity (Wildman–Crippen MR) is 114 cm³/mol. The Morgan fingerprint density at radius 1 is 0.500 bits per heavy atom. The summed E-state index contributed by atoms with van der Waals surface area (Å²) in [7, 11) is 0. The molecule has 0 aliphatic carbocycles. The normalized spacial score (nSPS) is 24.0. The molecule has 2 aliphatic heterocycles. The van der Waals surface area contributed by atoms with Gasteiger partial charge in [0.15, 0.2) is 0 Å². The SMILES string of the molecule is Brc1ccc2c(c1)C1(c3ccccc3)OC2(c2ccccc2)c2ccccc21. The van der Waals surface area contributed by atoms with Crippen molar-refractivity contribution < 1.29 is 4.74 Å². The molecule has 0 radical (unpaired) electrons. The van der Waals surface area contributed by atoms with Gasteiger partial charge in [0.1, 0.15) is 11.2 Å². The van der Waals surface area contributed by atoms with Crippen molar-refractivity contribution in [2.75, 3.05) is 0 Å². The van der Waals surface area contributed by atoms with E-state index in [4.69, 9.17) is 4.74 Å². The third kappa shape index (κ3) is 1.85. The number of halogens is 1. The van der Waals surface area contributed by atoms with Crippen molar-refractivity contribution >= 4 is 15.9 Å². The number of hydrogen-bond acceptors (Lipinski definition) is 1. The van der Waals surface area contributed by atoms with E-state index in [0.717, 1.165) is 10.0 Å². The third-order valence-electron chi connectivity index (χ3n) is 6.09. The van der Waals surface area contributed by atoms with Crippen LogP contribution >= 0.6 is 15.9 Å². The van der Waals surface area contributed by atoms with E-state index >= 15 is 0 Å². The highest BCUT2D eigenvalue weighted by Gasteiger charge is 2.63. The van der Waals surface area contributed by atoms with Crippen molar-refractivity contribution in [2.45, 2.75) is 11.2 Å². The topological polar surface area (TPSA) is 9.23 Å². The fourth-order valence-corrected chi connectivity index (χ4v) is 5.40. The minimum absolute atomic E-state index is 0.594. The van der Waals surface area contributed by atoms with Crippen molar-refractivity contribution in [2.24, 2.45) is 0 Å². The lowest BCUT2D eigenvalue weighted by Gasteiger charge is -2.30. The Morgan fingerprint density at radius 3 is 1.54 bits per heavy atom. The highest BCUT2D eigenvalue weighted by molar-refractivity contribution is 9.10. The molecule has 28 heavy (non-hydrogen) atoms. The van der Waals surface area contributed by atoms with E-state index in [-0.39, 0.29) is 0 Å². The van der Waals surface area contributed by atoms with E-state index in [2.05, 4.69) is 119 Å². The molecule has 0 saturated heterocycles. The highest BCUT2D eigenvalue weighted by Crippen LogP contribution is 2.65. The van der Waals surface area contributed by atoms with Crippen LogP contribution in [0.25, 0.3) is 0 Å². The molecule has 4 aromatic carbocycles. The van der Waals surface area contributed by atoms with Gasteiger partial charge in [0.05, 0.1) is 0 Å². The molecule has 1 nitrogen and oxygen atoms in total. The highest BCUT2D eigenvalue weighted by atomic mass is 79.9. The maximum Gasteiger partial charge on any atom is 0.146 e. The number of benzene rings is 4. The maximum absolute atomic E-state index is 7.19. The van der Waals surface area contributed by atoms with Crippen molar-refractivity contribution in [3.8, 4) is 0 Å². The first-order valence-corrected chi connectivity index (χ1v) is 10.3. The van der Waals surface area contributed by atoms with Gasteiger partial charge in [0.25, 0.3) is 0 Å². The zero-order valence-corrected chi connectivity index (χ0v) is 16.7. The molecule has 2 heterocycles. The van der Waals surface area contributed by atoms with Gasteiger partial charge < -0.3 is 4.74 Å². The average molecular weight is 425 g/mol. The Bertz CT molecular complexity index is 1200. The van der Waals surface area contributed by atoms with Gasteiger partial charge in [0.2, 0.25) is 0 Å². The number of ether oxygens (including phenoxy) is 1. The van der Waals surface area contributed by atoms with Crippen LogP contribution in [-0.2, 0) is 15.9 Å². The number of hydrogen-bond donors (Lipinski definition) is 0. The van der Waals surface area contributed by atoms with Gasteiger partial charge in [-0.1, -0.05) is 107 Å². The van der Waals surface area contributed by atoms with E-state index in [1.165, 1.54) is 27.8 Å².